The number of Topliss-reactive ketones (excluding diaryl/α,β-unsaturated/α-hetero) is 2. The van der Waals surface area contributed by atoms with Gasteiger partial charge in [-0.1, -0.05) is 25.1 Å². The fraction of sp³-hybridized carbons (Fsp3) is 0.345. The van der Waals surface area contributed by atoms with E-state index in [1.165, 1.54) is 19.0 Å². The lowest BCUT2D eigenvalue weighted by Gasteiger charge is -2.53. The van der Waals surface area contributed by atoms with Gasteiger partial charge in [0.05, 0.1) is 23.6 Å². The van der Waals surface area contributed by atoms with E-state index in [1.807, 2.05) is 0 Å². The van der Waals surface area contributed by atoms with Gasteiger partial charge in [0.15, 0.2) is 22.9 Å². The van der Waals surface area contributed by atoms with Crippen LogP contribution in [0.1, 0.15) is 24.0 Å². The zero-order valence-electron chi connectivity index (χ0n) is 22.3. The number of aromatic hydroxyl groups is 1. The molecule has 41 heavy (non-hydrogen) atoms. The monoisotopic (exact) mass is 564 g/mol. The summed E-state index contributed by atoms with van der Waals surface area (Å²) in [4.78, 5) is 40.9. The number of rotatable bonds is 3. The van der Waals surface area contributed by atoms with Gasteiger partial charge < -0.3 is 40.7 Å². The quantitative estimate of drug-likeness (QED) is 0.289. The summed E-state index contributed by atoms with van der Waals surface area (Å²) in [6.45, 7) is 1.73. The van der Waals surface area contributed by atoms with Gasteiger partial charge in [-0.25, -0.2) is 0 Å². The number of nitrogens with two attached hydrogens (primary N) is 1. The number of benzene rings is 2. The number of phenols is 1. The van der Waals surface area contributed by atoms with Gasteiger partial charge in [0.1, 0.15) is 22.8 Å². The van der Waals surface area contributed by atoms with Crippen LogP contribution in [0.2, 0.25) is 0 Å². The van der Waals surface area contributed by atoms with Crippen molar-refractivity contribution in [1.29, 1.82) is 0 Å². The first-order valence-electron chi connectivity index (χ1n) is 12.9. The van der Waals surface area contributed by atoms with Gasteiger partial charge in [-0.05, 0) is 43.3 Å². The second kappa shape index (κ2) is 8.80. The Kier molecular flexibility index (Phi) is 5.76. The fourth-order valence-electron chi connectivity index (χ4n) is 6.91. The zero-order chi connectivity index (χ0) is 29.7. The third kappa shape index (κ3) is 3.35. The predicted octanol–water partition coefficient (Wildman–Crippen LogP) is 0.891. The van der Waals surface area contributed by atoms with Gasteiger partial charge in [0.25, 0.3) is 5.91 Å². The smallest absolute Gasteiger partial charge is 0.255 e. The number of fused-ring (bicyclic) bond motifs is 4. The Morgan fingerprint density at radius 1 is 1.07 bits per heavy atom. The van der Waals surface area contributed by atoms with Gasteiger partial charge in [-0.15, -0.1) is 0 Å². The third-order valence-electron chi connectivity index (χ3n) is 8.81. The number of ketones is 2. The van der Waals surface area contributed by atoms with Crippen LogP contribution in [0.25, 0.3) is 16.9 Å². The van der Waals surface area contributed by atoms with Crippen molar-refractivity contribution >= 4 is 23.2 Å². The summed E-state index contributed by atoms with van der Waals surface area (Å²) in [6, 6.07) is 6.89. The predicted molar refractivity (Wildman–Crippen MR) is 142 cm³/mol. The van der Waals surface area contributed by atoms with Crippen LogP contribution < -0.4 is 15.2 Å². The summed E-state index contributed by atoms with van der Waals surface area (Å²) in [6.07, 6.45) is -1.65. The molecule has 0 spiro atoms. The number of aliphatic hydroxyl groups excluding tert-OH is 3. The molecule has 0 unspecified atom stereocenters. The molecule has 4 aliphatic rings. The number of likely N-dealkylation sites (N-methyl/N-ethyl adjacent to an activating group) is 1. The molecule has 0 bridgehead atoms. The minimum atomic E-state index is -2.96. The second-order valence-corrected chi connectivity index (χ2v) is 11.0. The largest absolute Gasteiger partial charge is 0.508 e. The van der Waals surface area contributed by atoms with Crippen LogP contribution >= 0.6 is 0 Å². The topological polar surface area (TPSA) is 200 Å². The van der Waals surface area contributed by atoms with E-state index in [4.69, 9.17) is 15.2 Å². The molecule has 7 N–H and O–H groups in total. The van der Waals surface area contributed by atoms with Crippen molar-refractivity contribution in [3.8, 4) is 28.4 Å². The summed E-state index contributed by atoms with van der Waals surface area (Å²) < 4.78 is 10.8. The Hall–Kier alpha value is -4.39. The van der Waals surface area contributed by atoms with Crippen molar-refractivity contribution in [2.24, 2.45) is 17.6 Å². The third-order valence-corrected chi connectivity index (χ3v) is 8.81. The van der Waals surface area contributed by atoms with Crippen LogP contribution in [-0.4, -0.2) is 86.5 Å². The van der Waals surface area contributed by atoms with E-state index < -0.39 is 75.6 Å². The summed E-state index contributed by atoms with van der Waals surface area (Å²) in [5.74, 6) is -8.31. The van der Waals surface area contributed by atoms with Crippen molar-refractivity contribution in [3.63, 3.8) is 0 Å². The average molecular weight is 565 g/mol. The van der Waals surface area contributed by atoms with Crippen LogP contribution in [0.5, 0.6) is 17.2 Å². The fourth-order valence-corrected chi connectivity index (χ4v) is 6.91. The molecule has 1 saturated carbocycles. The lowest BCUT2D eigenvalue weighted by Crippen LogP contribution is -2.70. The molecule has 12 heteroatoms. The van der Waals surface area contributed by atoms with Gasteiger partial charge in [0.2, 0.25) is 12.6 Å². The lowest BCUT2D eigenvalue weighted by atomic mass is 9.54. The van der Waals surface area contributed by atoms with E-state index in [0.29, 0.717) is 28.2 Å². The number of primary amides is 1. The van der Waals surface area contributed by atoms with Gasteiger partial charge >= 0.3 is 0 Å². The number of hydrogen-bond acceptors (Lipinski definition) is 11. The molecule has 0 saturated heterocycles. The van der Waals surface area contributed by atoms with Crippen LogP contribution in [0, 0.1) is 11.8 Å². The van der Waals surface area contributed by atoms with Crippen molar-refractivity contribution in [1.82, 2.24) is 4.90 Å². The average Bonchev–Trinajstić information content (AvgIpc) is 3.38. The van der Waals surface area contributed by atoms with E-state index in [9.17, 15) is 39.9 Å². The van der Waals surface area contributed by atoms with Crippen LogP contribution in [0.15, 0.2) is 47.2 Å². The number of carbonyl (C=O) groups is 3. The van der Waals surface area contributed by atoms with Gasteiger partial charge in [-0.2, -0.15) is 0 Å². The Morgan fingerprint density at radius 2 is 1.76 bits per heavy atom. The minimum Gasteiger partial charge on any atom is -0.508 e. The normalized spacial score (nSPS) is 30.3. The maximum atomic E-state index is 14.1. The highest BCUT2D eigenvalue weighted by atomic mass is 16.7. The number of phenolic OH excluding ortho intramolecular Hbond substituents is 1. The van der Waals surface area contributed by atoms with Gasteiger partial charge in [0, 0.05) is 17.1 Å². The molecule has 0 aromatic heterocycles. The van der Waals surface area contributed by atoms with Gasteiger partial charge in [-0.3, -0.25) is 19.3 Å². The molecule has 1 amide bonds. The summed E-state index contributed by atoms with van der Waals surface area (Å²) in [7, 11) is 2.92. The van der Waals surface area contributed by atoms with E-state index in [0.717, 1.165) is 0 Å². The molecule has 6 atom stereocenters. The van der Waals surface area contributed by atoms with Crippen LogP contribution in [0.4, 0.5) is 0 Å². The molecule has 0 radical (unpaired) electrons. The van der Waals surface area contributed by atoms with Crippen molar-refractivity contribution in [2.75, 3.05) is 20.9 Å². The first kappa shape index (κ1) is 26.8. The molecule has 1 aliphatic heterocycles. The summed E-state index contributed by atoms with van der Waals surface area (Å²) in [5, 5.41) is 57.4. The molecule has 1 fully saturated rings. The SMILES string of the molecule is C[C@@H]1c2ccc(-c3ccc4c(c3)OCO4)c(O)c2C(O)=C2C(=O)[C@@]3(O)C(O)=C(C(N)=O)C(=O)[C@H](N(C)C)[C@H]3[C@H](O)[C@H]21. The molecule has 1 heterocycles. The highest BCUT2D eigenvalue weighted by molar-refractivity contribution is 6.24. The molecule has 2 aromatic carbocycles. The first-order valence-corrected chi connectivity index (χ1v) is 12.9. The summed E-state index contributed by atoms with van der Waals surface area (Å²) in [5.41, 5.74) is 2.14. The zero-order valence-corrected chi connectivity index (χ0v) is 22.3. The molecular formula is C29H28N2O10. The number of amides is 1. The number of carbonyl (C=O) groups excluding carboxylic acids is 3. The number of ether oxygens (including phenoxy) is 2. The van der Waals surface area contributed by atoms with E-state index in [-0.39, 0.29) is 18.1 Å². The maximum Gasteiger partial charge on any atom is 0.255 e. The van der Waals surface area contributed by atoms with E-state index in [1.54, 1.807) is 37.3 Å². The van der Waals surface area contributed by atoms with E-state index >= 15 is 0 Å². The molecular weight excluding hydrogens is 536 g/mol. The summed E-state index contributed by atoms with van der Waals surface area (Å²) >= 11 is 0. The standard InChI is InChI=1S/C29H28N2O10/c1-10-12-5-6-13(11-4-7-14-15(8-11)41-9-40-14)22(32)17(12)23(33)18-16(10)24(34)20-21(31(2)3)25(35)19(28(30)38)27(37)29(20,39)26(18)36/h4-8,10,16,20-21,24,32-34,37,39H,9H2,1-3H3,(H2,30,38)/t10-,16+,20+,21-,24-,29-/m1/s1. The molecule has 12 nitrogen and oxygen atoms in total. The molecule has 3 aliphatic carbocycles. The Bertz CT molecular complexity index is 1630. The second-order valence-electron chi connectivity index (χ2n) is 11.0. The first-order chi connectivity index (χ1) is 19.3. The molecule has 6 rings (SSSR count). The van der Waals surface area contributed by atoms with E-state index in [2.05, 4.69) is 0 Å². The molecule has 214 valence electrons. The maximum absolute atomic E-state index is 14.1. The Morgan fingerprint density at radius 3 is 2.41 bits per heavy atom. The number of aliphatic hydroxyl groups is 4. The van der Waals surface area contributed by atoms with Crippen molar-refractivity contribution in [3.05, 3.63) is 58.4 Å². The minimum absolute atomic E-state index is 0.0497. The highest BCUT2D eigenvalue weighted by Gasteiger charge is 2.68. The number of hydrogen-bond donors (Lipinski definition) is 6. The van der Waals surface area contributed by atoms with Crippen molar-refractivity contribution in [2.45, 2.75) is 30.6 Å². The lowest BCUT2D eigenvalue weighted by molar-refractivity contribution is -0.169. The highest BCUT2D eigenvalue weighted by Crippen LogP contribution is 2.57. The van der Waals surface area contributed by atoms with Crippen molar-refractivity contribution < 1.29 is 49.4 Å². The Balaban J connectivity index is 1.57. The Labute approximate surface area is 233 Å². The number of nitrogens with zero attached hydrogens (tertiary/aromatic N) is 1. The van der Waals surface area contributed by atoms with Crippen LogP contribution in [0.3, 0.4) is 0 Å². The van der Waals surface area contributed by atoms with Crippen LogP contribution in [-0.2, 0) is 14.4 Å². The molecule has 2 aromatic rings.